The first-order valence-electron chi connectivity index (χ1n) is 15.5. The van der Waals surface area contributed by atoms with Crippen LogP contribution in [0, 0.1) is 23.9 Å². The molecular formula is C39H41O. The van der Waals surface area contributed by atoms with Crippen LogP contribution in [0.1, 0.15) is 73.3 Å². The minimum absolute atomic E-state index is 0.368. The average molecular weight is 526 g/mol. The average Bonchev–Trinajstić information content (AvgIpc) is 2.99. The Morgan fingerprint density at radius 2 is 1.23 bits per heavy atom. The third-order valence-corrected chi connectivity index (χ3v) is 10.1. The van der Waals surface area contributed by atoms with Gasteiger partial charge in [0.1, 0.15) is 6.10 Å². The molecule has 0 atom stereocenters. The fourth-order valence-corrected chi connectivity index (χ4v) is 8.87. The molecule has 8 rings (SSSR count). The molecule has 4 saturated carbocycles. The van der Waals surface area contributed by atoms with Gasteiger partial charge in [0.2, 0.25) is 0 Å². The molecule has 0 unspecified atom stereocenters. The van der Waals surface area contributed by atoms with Crippen LogP contribution >= 0.6 is 0 Å². The molecule has 4 aromatic rings. The summed E-state index contributed by atoms with van der Waals surface area (Å²) in [5.41, 5.74) is 10.0. The lowest BCUT2D eigenvalue weighted by Gasteiger charge is -2.57. The minimum Gasteiger partial charge on any atom is -0.362 e. The topological polar surface area (TPSA) is 9.23 Å². The first-order valence-corrected chi connectivity index (χ1v) is 15.5. The first kappa shape index (κ1) is 25.8. The SMILES string of the molecule is CCc1c(C23CC4CC(CC(C4)C2)C3)ccc([C](Cc2ccccc2)OCc2ccccc2)c1-c1ccccc1. The normalized spacial score (nSPS) is 25.0. The zero-order valence-electron chi connectivity index (χ0n) is 23.8. The fraction of sp³-hybridized carbons (Fsp3) is 0.359. The lowest BCUT2D eigenvalue weighted by Crippen LogP contribution is -2.49. The zero-order chi connectivity index (χ0) is 26.9. The summed E-state index contributed by atoms with van der Waals surface area (Å²) in [7, 11) is 0. The number of hydrogen-bond donors (Lipinski definition) is 0. The summed E-state index contributed by atoms with van der Waals surface area (Å²) in [4.78, 5) is 0. The molecule has 1 heteroatoms. The second-order valence-corrected chi connectivity index (χ2v) is 12.8. The van der Waals surface area contributed by atoms with Crippen LogP contribution < -0.4 is 0 Å². The molecule has 4 aliphatic rings. The van der Waals surface area contributed by atoms with Gasteiger partial charge in [-0.15, -0.1) is 0 Å². The lowest BCUT2D eigenvalue weighted by molar-refractivity contribution is -0.00555. The van der Waals surface area contributed by atoms with E-state index in [9.17, 15) is 0 Å². The van der Waals surface area contributed by atoms with Crippen LogP contribution in [0.3, 0.4) is 0 Å². The minimum atomic E-state index is 0.368. The molecule has 4 aromatic carbocycles. The molecule has 4 bridgehead atoms. The van der Waals surface area contributed by atoms with Crippen LogP contribution in [0.4, 0.5) is 0 Å². The molecule has 4 aliphatic carbocycles. The molecule has 0 N–H and O–H groups in total. The van der Waals surface area contributed by atoms with Crippen molar-refractivity contribution in [2.45, 2.75) is 70.3 Å². The monoisotopic (exact) mass is 525 g/mol. The Bertz CT molecular complexity index is 1390. The summed E-state index contributed by atoms with van der Waals surface area (Å²) in [5.74, 6) is 2.81. The summed E-state index contributed by atoms with van der Waals surface area (Å²) in [6.07, 6.45) is 11.5. The molecule has 0 aromatic heterocycles. The standard InChI is InChI=1S/C39H41O/c1-2-34-36(39-24-30-20-31(25-39)22-32(21-30)26-39)19-18-35(38(34)33-16-10-5-11-17-33)37(23-28-12-6-3-7-13-28)40-27-29-14-8-4-9-15-29/h3-19,30-32H,2,20-27H2,1H3. The van der Waals surface area contributed by atoms with Crippen LogP contribution in [0.5, 0.6) is 0 Å². The van der Waals surface area contributed by atoms with Gasteiger partial charge in [-0.1, -0.05) is 110 Å². The smallest absolute Gasteiger partial charge is 0.132 e. The quantitative estimate of drug-likeness (QED) is 0.211. The predicted octanol–water partition coefficient (Wildman–Crippen LogP) is 9.72. The number of rotatable bonds is 9. The number of benzene rings is 4. The molecule has 40 heavy (non-hydrogen) atoms. The van der Waals surface area contributed by atoms with E-state index in [1.807, 2.05) is 0 Å². The maximum Gasteiger partial charge on any atom is 0.132 e. The van der Waals surface area contributed by atoms with Gasteiger partial charge >= 0.3 is 0 Å². The highest BCUT2D eigenvalue weighted by Gasteiger charge is 2.52. The van der Waals surface area contributed by atoms with Crippen molar-refractivity contribution in [3.63, 3.8) is 0 Å². The zero-order valence-corrected chi connectivity index (χ0v) is 23.8. The van der Waals surface area contributed by atoms with Gasteiger partial charge in [0.15, 0.2) is 0 Å². The Morgan fingerprint density at radius 3 is 1.80 bits per heavy atom. The Labute approximate surface area is 240 Å². The van der Waals surface area contributed by atoms with E-state index >= 15 is 0 Å². The van der Waals surface area contributed by atoms with E-state index in [1.54, 1.807) is 11.1 Å². The van der Waals surface area contributed by atoms with Gasteiger partial charge in [-0.3, -0.25) is 0 Å². The van der Waals surface area contributed by atoms with E-state index in [0.29, 0.717) is 12.0 Å². The van der Waals surface area contributed by atoms with Crippen molar-refractivity contribution >= 4 is 0 Å². The summed E-state index contributed by atoms with van der Waals surface area (Å²) < 4.78 is 6.79. The van der Waals surface area contributed by atoms with E-state index in [4.69, 9.17) is 4.74 Å². The Hall–Kier alpha value is -3.16. The number of hydrogen-bond acceptors (Lipinski definition) is 1. The van der Waals surface area contributed by atoms with E-state index in [0.717, 1.165) is 36.7 Å². The molecule has 0 amide bonds. The van der Waals surface area contributed by atoms with Crippen molar-refractivity contribution in [1.82, 2.24) is 0 Å². The van der Waals surface area contributed by atoms with E-state index < -0.39 is 0 Å². The van der Waals surface area contributed by atoms with Crippen molar-refractivity contribution in [3.8, 4) is 11.1 Å². The second-order valence-electron chi connectivity index (χ2n) is 12.8. The van der Waals surface area contributed by atoms with Gasteiger partial charge < -0.3 is 4.74 Å². The summed E-state index contributed by atoms with van der Waals surface area (Å²) >= 11 is 0. The third-order valence-electron chi connectivity index (χ3n) is 10.1. The molecule has 0 heterocycles. The van der Waals surface area contributed by atoms with Gasteiger partial charge in [-0.25, -0.2) is 0 Å². The van der Waals surface area contributed by atoms with Gasteiger partial charge in [0.05, 0.1) is 6.61 Å². The van der Waals surface area contributed by atoms with Crippen molar-refractivity contribution in [2.24, 2.45) is 17.8 Å². The lowest BCUT2D eigenvalue weighted by atomic mass is 9.47. The van der Waals surface area contributed by atoms with Crippen LogP contribution in [0.15, 0.2) is 103 Å². The van der Waals surface area contributed by atoms with Crippen molar-refractivity contribution in [2.75, 3.05) is 0 Å². The summed E-state index contributed by atoms with van der Waals surface area (Å²) in [5, 5.41) is 0. The van der Waals surface area contributed by atoms with Gasteiger partial charge in [0, 0.05) is 6.42 Å². The Balaban J connectivity index is 1.35. The maximum absolute atomic E-state index is 6.79. The van der Waals surface area contributed by atoms with Crippen molar-refractivity contribution < 1.29 is 4.74 Å². The van der Waals surface area contributed by atoms with Gasteiger partial charge in [-0.2, -0.15) is 0 Å². The third kappa shape index (κ3) is 4.94. The molecule has 1 radical (unpaired) electrons. The summed E-state index contributed by atoms with van der Waals surface area (Å²) in [6, 6.07) is 37.5. The Morgan fingerprint density at radius 1 is 0.675 bits per heavy atom. The molecule has 4 fully saturated rings. The highest BCUT2D eigenvalue weighted by Crippen LogP contribution is 2.61. The Kier molecular flexibility index (Phi) is 7.10. The van der Waals surface area contributed by atoms with Crippen LogP contribution in [-0.4, -0.2) is 0 Å². The van der Waals surface area contributed by atoms with Crippen molar-refractivity contribution in [3.05, 3.63) is 137 Å². The van der Waals surface area contributed by atoms with Crippen LogP contribution in [0.25, 0.3) is 11.1 Å². The van der Waals surface area contributed by atoms with Gasteiger partial charge in [0.25, 0.3) is 0 Å². The highest BCUT2D eigenvalue weighted by molar-refractivity contribution is 5.75. The molecule has 0 aliphatic heterocycles. The number of ether oxygens (including phenoxy) is 1. The molecule has 1 nitrogen and oxygen atoms in total. The molecule has 0 saturated heterocycles. The second kappa shape index (κ2) is 11.0. The first-order chi connectivity index (χ1) is 19.7. The fourth-order valence-electron chi connectivity index (χ4n) is 8.87. The predicted molar refractivity (Wildman–Crippen MR) is 165 cm³/mol. The molecule has 203 valence electrons. The summed E-state index contributed by atoms with van der Waals surface area (Å²) in [6.45, 7) is 2.95. The van der Waals surface area contributed by atoms with E-state index in [-0.39, 0.29) is 0 Å². The molecular weight excluding hydrogens is 484 g/mol. The van der Waals surface area contributed by atoms with Crippen LogP contribution in [0.2, 0.25) is 0 Å². The van der Waals surface area contributed by atoms with Crippen molar-refractivity contribution in [1.29, 1.82) is 0 Å². The van der Waals surface area contributed by atoms with E-state index in [2.05, 4.69) is 110 Å². The molecule has 0 spiro atoms. The van der Waals surface area contributed by atoms with E-state index in [1.165, 1.54) is 66.3 Å². The van der Waals surface area contributed by atoms with Crippen LogP contribution in [-0.2, 0) is 29.6 Å². The maximum atomic E-state index is 6.79. The largest absolute Gasteiger partial charge is 0.362 e. The van der Waals surface area contributed by atoms with Gasteiger partial charge in [-0.05, 0) is 107 Å². The highest BCUT2D eigenvalue weighted by atomic mass is 16.5.